The van der Waals surface area contributed by atoms with Gasteiger partial charge in [0.25, 0.3) is 0 Å². The molecule has 17 heavy (non-hydrogen) atoms. The normalized spacial score (nSPS) is 12.9. The lowest BCUT2D eigenvalue weighted by Crippen LogP contribution is -2.24. The molecule has 0 aliphatic rings. The minimum absolute atomic E-state index is 0.0888. The second-order valence-electron chi connectivity index (χ2n) is 6.08. The molecule has 0 bridgehead atoms. The van der Waals surface area contributed by atoms with Gasteiger partial charge in [-0.05, 0) is 20.8 Å². The highest BCUT2D eigenvalue weighted by Crippen LogP contribution is 2.38. The zero-order valence-corrected chi connectivity index (χ0v) is 11.8. The minimum Gasteiger partial charge on any atom is -0.258 e. The Bertz CT molecular complexity index is 453. The van der Waals surface area contributed by atoms with E-state index >= 15 is 0 Å². The molecule has 0 atom stereocenters. The van der Waals surface area contributed by atoms with Crippen LogP contribution in [0.3, 0.4) is 0 Å². The summed E-state index contributed by atoms with van der Waals surface area (Å²) >= 11 is 6.07. The summed E-state index contributed by atoms with van der Waals surface area (Å²) in [5.74, 6) is 0. The lowest BCUT2D eigenvalue weighted by atomic mass is 9.91. The van der Waals surface area contributed by atoms with Crippen LogP contribution in [0.15, 0.2) is 0 Å². The van der Waals surface area contributed by atoms with Gasteiger partial charge in [-0.1, -0.05) is 32.4 Å². The lowest BCUT2D eigenvalue weighted by Gasteiger charge is -2.20. The van der Waals surface area contributed by atoms with Gasteiger partial charge in [0.15, 0.2) is 0 Å². The van der Waals surface area contributed by atoms with Crippen LogP contribution in [0, 0.1) is 10.1 Å². The zero-order valence-electron chi connectivity index (χ0n) is 11.0. The maximum Gasteiger partial charge on any atom is 0.329 e. The van der Waals surface area contributed by atoms with Gasteiger partial charge < -0.3 is 0 Å². The number of hydrogen-bond donors (Lipinski definition) is 0. The van der Waals surface area contributed by atoms with Crippen molar-refractivity contribution in [1.29, 1.82) is 0 Å². The quantitative estimate of drug-likeness (QED) is 0.573. The van der Waals surface area contributed by atoms with Crippen LogP contribution < -0.4 is 0 Å². The number of nitro groups is 1. The third kappa shape index (κ3) is 2.60. The van der Waals surface area contributed by atoms with E-state index in [1.54, 1.807) is 0 Å². The maximum atomic E-state index is 11.1. The van der Waals surface area contributed by atoms with Crippen molar-refractivity contribution in [2.75, 3.05) is 0 Å². The second-order valence-corrected chi connectivity index (χ2v) is 6.44. The minimum atomic E-state index is -0.460. The van der Waals surface area contributed by atoms with Gasteiger partial charge in [0.1, 0.15) is 5.69 Å². The Morgan fingerprint density at radius 1 is 1.24 bits per heavy atom. The molecule has 0 N–H and O–H groups in total. The van der Waals surface area contributed by atoms with E-state index in [0.717, 1.165) is 0 Å². The summed E-state index contributed by atoms with van der Waals surface area (Å²) in [6, 6.07) is 0. The Hall–Kier alpha value is -1.10. The summed E-state index contributed by atoms with van der Waals surface area (Å²) in [5, 5.41) is 15.5. The first-order valence-electron chi connectivity index (χ1n) is 5.40. The van der Waals surface area contributed by atoms with Crippen LogP contribution in [-0.2, 0) is 11.0 Å². The Morgan fingerprint density at radius 2 is 1.71 bits per heavy atom. The summed E-state index contributed by atoms with van der Waals surface area (Å²) < 4.78 is 1.51. The maximum absolute atomic E-state index is 11.1. The molecule has 1 heterocycles. The van der Waals surface area contributed by atoms with Gasteiger partial charge in [0.05, 0.1) is 10.5 Å². The monoisotopic (exact) mass is 259 g/mol. The van der Waals surface area contributed by atoms with Crippen molar-refractivity contribution in [1.82, 2.24) is 9.78 Å². The largest absolute Gasteiger partial charge is 0.329 e. The van der Waals surface area contributed by atoms with Gasteiger partial charge >= 0.3 is 5.69 Å². The summed E-state index contributed by atoms with van der Waals surface area (Å²) in [4.78, 5) is 10.6. The average molecular weight is 260 g/mol. The molecule has 0 aliphatic carbocycles. The van der Waals surface area contributed by atoms with Gasteiger partial charge in [-0.25, -0.2) is 4.68 Å². The predicted molar refractivity (Wildman–Crippen MR) is 67.6 cm³/mol. The highest BCUT2D eigenvalue weighted by Gasteiger charge is 2.36. The average Bonchev–Trinajstić information content (AvgIpc) is 2.40. The van der Waals surface area contributed by atoms with E-state index in [9.17, 15) is 10.1 Å². The van der Waals surface area contributed by atoms with Crippen LogP contribution in [0.1, 0.15) is 47.2 Å². The SMILES string of the molecule is CC(C)(C)c1nn(C(C)(C)C)c(Cl)c1[N+](=O)[O-]. The zero-order chi connectivity index (χ0) is 13.6. The van der Waals surface area contributed by atoms with Crippen LogP contribution in [0.4, 0.5) is 5.69 Å². The summed E-state index contributed by atoms with van der Waals surface area (Å²) in [7, 11) is 0. The Balaban J connectivity index is 3.58. The molecule has 0 saturated carbocycles. The van der Waals surface area contributed by atoms with Gasteiger partial charge in [-0.15, -0.1) is 0 Å². The van der Waals surface area contributed by atoms with Crippen LogP contribution >= 0.6 is 11.6 Å². The molecule has 0 spiro atoms. The number of halogens is 1. The smallest absolute Gasteiger partial charge is 0.258 e. The molecule has 1 rings (SSSR count). The third-order valence-corrected chi connectivity index (χ3v) is 2.67. The highest BCUT2D eigenvalue weighted by molar-refractivity contribution is 6.31. The van der Waals surface area contributed by atoms with Gasteiger partial charge in [-0.3, -0.25) is 10.1 Å². The van der Waals surface area contributed by atoms with E-state index in [0.29, 0.717) is 5.69 Å². The first-order valence-corrected chi connectivity index (χ1v) is 5.78. The Kier molecular flexibility index (Phi) is 3.27. The van der Waals surface area contributed by atoms with E-state index in [-0.39, 0.29) is 16.4 Å². The van der Waals surface area contributed by atoms with Crippen molar-refractivity contribution >= 4 is 17.3 Å². The summed E-state index contributed by atoms with van der Waals surface area (Å²) in [5.41, 5.74) is -0.468. The summed E-state index contributed by atoms with van der Waals surface area (Å²) in [6.07, 6.45) is 0. The Labute approximate surface area is 106 Å². The van der Waals surface area contributed by atoms with Gasteiger partial charge in [0, 0.05) is 5.41 Å². The number of nitrogens with zero attached hydrogens (tertiary/aromatic N) is 3. The Morgan fingerprint density at radius 3 is 1.94 bits per heavy atom. The second kappa shape index (κ2) is 3.98. The van der Waals surface area contributed by atoms with Crippen LogP contribution in [-0.4, -0.2) is 14.7 Å². The highest BCUT2D eigenvalue weighted by atomic mass is 35.5. The van der Waals surface area contributed by atoms with E-state index < -0.39 is 10.3 Å². The summed E-state index contributed by atoms with van der Waals surface area (Å²) in [6.45, 7) is 11.4. The van der Waals surface area contributed by atoms with E-state index in [4.69, 9.17) is 11.6 Å². The van der Waals surface area contributed by atoms with Crippen LogP contribution in [0.25, 0.3) is 0 Å². The molecular formula is C11H18ClN3O2. The number of rotatable bonds is 1. The molecule has 0 unspecified atom stereocenters. The topological polar surface area (TPSA) is 61.0 Å². The van der Waals surface area contributed by atoms with E-state index in [1.807, 2.05) is 41.5 Å². The molecule has 1 aromatic rings. The van der Waals surface area contributed by atoms with Crippen molar-refractivity contribution < 1.29 is 4.92 Å². The van der Waals surface area contributed by atoms with Crippen molar-refractivity contribution in [2.24, 2.45) is 0 Å². The molecule has 0 radical (unpaired) electrons. The molecular weight excluding hydrogens is 242 g/mol. The molecule has 96 valence electrons. The van der Waals surface area contributed by atoms with Crippen molar-refractivity contribution in [2.45, 2.75) is 52.5 Å². The predicted octanol–water partition coefficient (Wildman–Crippen LogP) is 3.50. The van der Waals surface area contributed by atoms with Crippen LogP contribution in [0.5, 0.6) is 0 Å². The molecule has 0 aliphatic heterocycles. The first-order chi connectivity index (χ1) is 7.46. The van der Waals surface area contributed by atoms with Gasteiger partial charge in [0.2, 0.25) is 5.15 Å². The molecule has 0 saturated heterocycles. The van der Waals surface area contributed by atoms with Crippen molar-refractivity contribution in [3.8, 4) is 0 Å². The fraction of sp³-hybridized carbons (Fsp3) is 0.727. The number of aromatic nitrogens is 2. The molecule has 1 aromatic heterocycles. The lowest BCUT2D eigenvalue weighted by molar-refractivity contribution is -0.385. The molecule has 0 amide bonds. The third-order valence-electron chi connectivity index (χ3n) is 2.33. The fourth-order valence-electron chi connectivity index (χ4n) is 1.50. The standard InChI is InChI=1S/C11H18ClN3O2/c1-10(2,3)8-7(15(16)17)9(12)14(13-8)11(4,5)6/h1-6H3. The van der Waals surface area contributed by atoms with Gasteiger partial charge in [-0.2, -0.15) is 5.10 Å². The van der Waals surface area contributed by atoms with Crippen molar-refractivity contribution in [3.05, 3.63) is 21.0 Å². The molecule has 6 heteroatoms. The first kappa shape index (κ1) is 14.0. The molecule has 0 fully saturated rings. The van der Waals surface area contributed by atoms with Crippen LogP contribution in [0.2, 0.25) is 5.15 Å². The molecule has 5 nitrogen and oxygen atoms in total. The van der Waals surface area contributed by atoms with E-state index in [1.165, 1.54) is 4.68 Å². The van der Waals surface area contributed by atoms with E-state index in [2.05, 4.69) is 5.10 Å². The number of hydrogen-bond acceptors (Lipinski definition) is 3. The molecule has 0 aromatic carbocycles. The fourth-order valence-corrected chi connectivity index (χ4v) is 1.95. The van der Waals surface area contributed by atoms with Crippen molar-refractivity contribution in [3.63, 3.8) is 0 Å².